The van der Waals surface area contributed by atoms with Crippen LogP contribution < -0.4 is 0 Å². The van der Waals surface area contributed by atoms with Gasteiger partial charge in [0.05, 0.1) is 26.5 Å². The van der Waals surface area contributed by atoms with Crippen LogP contribution in [0.3, 0.4) is 0 Å². The molecule has 0 radical (unpaired) electrons. The van der Waals surface area contributed by atoms with E-state index in [1.165, 1.54) is 41.2 Å². The number of hydrogen-bond donors (Lipinski definition) is 0. The number of fused-ring (bicyclic) bond motifs is 1. The number of hydrazone groups is 1. The first-order valence-electron chi connectivity index (χ1n) is 12.5. The summed E-state index contributed by atoms with van der Waals surface area (Å²) in [4.78, 5) is 46.7. The maximum absolute atomic E-state index is 13.8. The van der Waals surface area contributed by atoms with Crippen LogP contribution in [0.2, 0.25) is 0 Å². The monoisotopic (exact) mass is 545 g/mol. The Labute approximate surface area is 226 Å². The molecule has 1 amide bonds. The fourth-order valence-electron chi connectivity index (χ4n) is 5.22. The van der Waals surface area contributed by atoms with Crippen molar-refractivity contribution in [1.29, 1.82) is 0 Å². The zero-order chi connectivity index (χ0) is 28.6. The first kappa shape index (κ1) is 26.3. The summed E-state index contributed by atoms with van der Waals surface area (Å²) in [6.45, 7) is 2.03. The predicted molar refractivity (Wildman–Crippen MR) is 142 cm³/mol. The van der Waals surface area contributed by atoms with Crippen molar-refractivity contribution >= 4 is 34.8 Å². The molecule has 1 aliphatic carbocycles. The minimum absolute atomic E-state index is 0.0693. The van der Waals surface area contributed by atoms with E-state index >= 15 is 0 Å². The van der Waals surface area contributed by atoms with Crippen molar-refractivity contribution < 1.29 is 19.6 Å². The van der Waals surface area contributed by atoms with Crippen molar-refractivity contribution in [1.82, 2.24) is 14.8 Å². The first-order valence-corrected chi connectivity index (χ1v) is 12.5. The van der Waals surface area contributed by atoms with Crippen LogP contribution in [0.25, 0.3) is 6.08 Å². The van der Waals surface area contributed by atoms with Crippen LogP contribution in [0.1, 0.15) is 53.8 Å². The number of non-ortho nitro benzene ring substituents is 2. The molecule has 0 spiro atoms. The van der Waals surface area contributed by atoms with E-state index in [-0.39, 0.29) is 23.0 Å². The normalized spacial score (nSPS) is 19.3. The van der Waals surface area contributed by atoms with Gasteiger partial charge >= 0.3 is 11.6 Å². The van der Waals surface area contributed by atoms with Crippen molar-refractivity contribution in [3.63, 3.8) is 0 Å². The average molecular weight is 546 g/mol. The highest BCUT2D eigenvalue weighted by Gasteiger charge is 2.46. The Bertz CT molecular complexity index is 1610. The first-order chi connectivity index (χ1) is 19.2. The molecule has 40 heavy (non-hydrogen) atoms. The molecule has 0 bridgehead atoms. The smallest absolute Gasteiger partial charge is 0.265 e. The summed E-state index contributed by atoms with van der Waals surface area (Å²) in [6.07, 6.45) is 4.87. The number of benzene rings is 2. The molecule has 2 unspecified atom stereocenters. The summed E-state index contributed by atoms with van der Waals surface area (Å²) in [5.74, 6) is -1.16. The van der Waals surface area contributed by atoms with Crippen LogP contribution in [-0.4, -0.2) is 41.2 Å². The predicted octanol–water partition coefficient (Wildman–Crippen LogP) is 5.06. The summed E-state index contributed by atoms with van der Waals surface area (Å²) in [5, 5.41) is 44.4. The zero-order valence-electron chi connectivity index (χ0n) is 21.2. The van der Waals surface area contributed by atoms with Crippen molar-refractivity contribution in [2.24, 2.45) is 11.0 Å². The summed E-state index contributed by atoms with van der Waals surface area (Å²) < 4.78 is 1.29. The number of nitro groups is 3. The average Bonchev–Trinajstić information content (AvgIpc) is 3.56. The standard InChI is InChI=1S/C26H23N7O7/c1-2-29-15-22(33(39)40)24(27-29)26(34)30-25(18-8-4-10-20(14-18)32(37)38)21-11-5-7-17(23(21)28-30)12-16-6-3-9-19(13-16)31(35)36/h3-4,6,8-10,12-15,21,25H,2,5,7,11H2,1H3/b17-12+. The van der Waals surface area contributed by atoms with E-state index in [4.69, 9.17) is 0 Å². The lowest BCUT2D eigenvalue weighted by atomic mass is 9.77. The van der Waals surface area contributed by atoms with Gasteiger partial charge in [0.25, 0.3) is 11.4 Å². The van der Waals surface area contributed by atoms with E-state index in [9.17, 15) is 35.1 Å². The van der Waals surface area contributed by atoms with E-state index in [0.717, 1.165) is 10.6 Å². The van der Waals surface area contributed by atoms with Crippen molar-refractivity contribution in [3.05, 3.63) is 107 Å². The number of aryl methyl sites for hydroxylation is 1. The third kappa shape index (κ3) is 4.81. The number of nitrogens with zero attached hydrogens (tertiary/aromatic N) is 7. The van der Waals surface area contributed by atoms with Gasteiger partial charge in [0, 0.05) is 36.7 Å². The molecule has 1 fully saturated rings. The van der Waals surface area contributed by atoms with Crippen molar-refractivity contribution in [2.75, 3.05) is 0 Å². The van der Waals surface area contributed by atoms with Gasteiger partial charge < -0.3 is 0 Å². The van der Waals surface area contributed by atoms with Gasteiger partial charge in [0.1, 0.15) is 6.20 Å². The molecule has 1 saturated carbocycles. The number of rotatable bonds is 7. The molecule has 2 atom stereocenters. The molecule has 0 saturated heterocycles. The minimum atomic E-state index is -0.799. The van der Waals surface area contributed by atoms with Crippen molar-refractivity contribution in [3.8, 4) is 0 Å². The third-order valence-electron chi connectivity index (χ3n) is 7.02. The molecule has 5 rings (SSSR count). The Morgan fingerprint density at radius 3 is 2.40 bits per heavy atom. The molecule has 14 heteroatoms. The van der Waals surface area contributed by atoms with Crippen LogP contribution in [0.15, 0.2) is 65.4 Å². The molecule has 204 valence electrons. The Balaban J connectivity index is 1.63. The van der Waals surface area contributed by atoms with E-state index in [1.807, 2.05) is 0 Å². The van der Waals surface area contributed by atoms with Crippen LogP contribution in [0.5, 0.6) is 0 Å². The summed E-state index contributed by atoms with van der Waals surface area (Å²) >= 11 is 0. The lowest BCUT2D eigenvalue weighted by molar-refractivity contribution is -0.385. The maximum Gasteiger partial charge on any atom is 0.320 e. The fraction of sp³-hybridized carbons (Fsp3) is 0.269. The van der Waals surface area contributed by atoms with E-state index in [1.54, 1.807) is 31.2 Å². The Kier molecular flexibility index (Phi) is 6.90. The molecule has 1 aromatic heterocycles. The van der Waals surface area contributed by atoms with E-state index in [0.29, 0.717) is 42.6 Å². The second-order valence-corrected chi connectivity index (χ2v) is 9.43. The van der Waals surface area contributed by atoms with E-state index in [2.05, 4.69) is 10.2 Å². The van der Waals surface area contributed by atoms with Gasteiger partial charge in [-0.2, -0.15) is 10.2 Å². The summed E-state index contributed by atoms with van der Waals surface area (Å²) in [6, 6.07) is 11.2. The number of amides is 1. The molecular formula is C26H23N7O7. The van der Waals surface area contributed by atoms with Gasteiger partial charge in [0.2, 0.25) is 5.69 Å². The second kappa shape index (κ2) is 10.5. The van der Waals surface area contributed by atoms with Crippen LogP contribution in [-0.2, 0) is 6.54 Å². The fourth-order valence-corrected chi connectivity index (χ4v) is 5.22. The zero-order valence-corrected chi connectivity index (χ0v) is 21.2. The quantitative estimate of drug-likeness (QED) is 0.291. The second-order valence-electron chi connectivity index (χ2n) is 9.43. The van der Waals surface area contributed by atoms with Gasteiger partial charge in [-0.3, -0.25) is 39.8 Å². The van der Waals surface area contributed by atoms with Crippen molar-refractivity contribution in [2.45, 2.75) is 38.8 Å². The largest absolute Gasteiger partial charge is 0.320 e. The molecule has 0 N–H and O–H groups in total. The highest BCUT2D eigenvalue weighted by atomic mass is 16.6. The van der Waals surface area contributed by atoms with Gasteiger partial charge in [-0.15, -0.1) is 0 Å². The lowest BCUT2D eigenvalue weighted by Crippen LogP contribution is -2.32. The highest BCUT2D eigenvalue weighted by molar-refractivity contribution is 6.09. The molecule has 2 aromatic carbocycles. The summed E-state index contributed by atoms with van der Waals surface area (Å²) in [5.41, 5.74) is 1.28. The summed E-state index contributed by atoms with van der Waals surface area (Å²) in [7, 11) is 0. The number of nitro benzene ring substituents is 2. The number of carbonyl (C=O) groups is 1. The van der Waals surface area contributed by atoms with Gasteiger partial charge in [-0.1, -0.05) is 24.3 Å². The van der Waals surface area contributed by atoms with Crippen LogP contribution in [0, 0.1) is 36.3 Å². The Hall–Kier alpha value is -5.27. The third-order valence-corrected chi connectivity index (χ3v) is 7.02. The lowest BCUT2D eigenvalue weighted by Gasteiger charge is -2.29. The van der Waals surface area contributed by atoms with E-state index < -0.39 is 32.4 Å². The highest BCUT2D eigenvalue weighted by Crippen LogP contribution is 2.45. The minimum Gasteiger partial charge on any atom is -0.265 e. The van der Waals surface area contributed by atoms with Crippen LogP contribution in [0.4, 0.5) is 17.1 Å². The van der Waals surface area contributed by atoms with Gasteiger partial charge in [-0.05, 0) is 49.0 Å². The Morgan fingerprint density at radius 1 is 1.02 bits per heavy atom. The number of hydrogen-bond acceptors (Lipinski definition) is 9. The molecule has 1 aliphatic heterocycles. The molecule has 14 nitrogen and oxygen atoms in total. The number of carbonyl (C=O) groups excluding carboxylic acids is 1. The molecule has 3 aromatic rings. The molecular weight excluding hydrogens is 522 g/mol. The topological polar surface area (TPSA) is 180 Å². The number of allylic oxidation sites excluding steroid dienone is 1. The maximum atomic E-state index is 13.8. The molecule has 2 heterocycles. The SMILES string of the molecule is CCn1cc([N+](=O)[O-])c(C(=O)N2N=C3/C(=C/c4cccc([N+](=O)[O-])c4)CCCC3C2c2cccc([N+](=O)[O-])c2)n1. The Morgan fingerprint density at radius 2 is 1.73 bits per heavy atom. The van der Waals surface area contributed by atoms with Gasteiger partial charge in [0.15, 0.2) is 0 Å². The van der Waals surface area contributed by atoms with Gasteiger partial charge in [-0.25, -0.2) is 5.01 Å². The number of aromatic nitrogens is 2. The van der Waals surface area contributed by atoms with Crippen LogP contribution >= 0.6 is 0 Å². The molecule has 2 aliphatic rings.